The van der Waals surface area contributed by atoms with Crippen LogP contribution in [-0.2, 0) is 19.1 Å². The third kappa shape index (κ3) is 2.05. The molecule has 5 rings (SSSR count). The first-order chi connectivity index (χ1) is 13.1. The lowest BCUT2D eigenvalue weighted by molar-refractivity contribution is -0.190. The fraction of sp³-hybridized carbons (Fsp3) is 0.913. The number of Topliss-reactive ketones (excluding diaryl/α,β-unsaturated/α-hetero) is 1. The summed E-state index contributed by atoms with van der Waals surface area (Å²) in [6.07, 6.45) is 7.29. The predicted molar refractivity (Wildman–Crippen MR) is 102 cm³/mol. The minimum atomic E-state index is -0.961. The van der Waals surface area contributed by atoms with Crippen molar-refractivity contribution < 1.29 is 24.2 Å². The number of carbonyl (C=O) groups excluding carboxylic acids is 2. The average molecular weight is 391 g/mol. The van der Waals surface area contributed by atoms with E-state index < -0.39 is 5.60 Å². The van der Waals surface area contributed by atoms with E-state index in [4.69, 9.17) is 9.47 Å². The van der Waals surface area contributed by atoms with E-state index in [1.165, 1.54) is 6.92 Å². The first kappa shape index (κ1) is 19.0. The van der Waals surface area contributed by atoms with E-state index in [1.54, 1.807) is 6.92 Å². The molecule has 0 unspecified atom stereocenters. The molecular formula is C23H34O5. The molecule has 0 amide bonds. The Kier molecular flexibility index (Phi) is 3.81. The molecule has 5 nitrogen and oxygen atoms in total. The third-order valence-corrected chi connectivity index (χ3v) is 10.1. The summed E-state index contributed by atoms with van der Waals surface area (Å²) in [5.41, 5.74) is -1.25. The molecule has 0 aromatic heterocycles. The second-order valence-electron chi connectivity index (χ2n) is 10.9. The van der Waals surface area contributed by atoms with Crippen molar-refractivity contribution in [3.05, 3.63) is 0 Å². The minimum absolute atomic E-state index is 0.00554. The molecule has 0 bridgehead atoms. The van der Waals surface area contributed by atoms with Gasteiger partial charge >= 0.3 is 5.97 Å². The van der Waals surface area contributed by atoms with Crippen molar-refractivity contribution in [3.8, 4) is 0 Å². The van der Waals surface area contributed by atoms with Crippen molar-refractivity contribution in [2.24, 2.45) is 28.6 Å². The number of rotatable bonds is 2. The quantitative estimate of drug-likeness (QED) is 0.578. The number of esters is 1. The van der Waals surface area contributed by atoms with E-state index in [-0.39, 0.29) is 40.4 Å². The first-order valence-electron chi connectivity index (χ1n) is 11.2. The SMILES string of the molecule is CC(=O)O[C@]1(C(C)=O)CC[C@H]2[C@@H]3C[C@H]4O[C@@]45C[C@@H](O)CC[C@]5(C)[C@H]3CC[C@@]21C. The van der Waals surface area contributed by atoms with Crippen LogP contribution in [0.4, 0.5) is 0 Å². The molecule has 0 aromatic carbocycles. The number of epoxide rings is 1. The summed E-state index contributed by atoms with van der Waals surface area (Å²) in [5, 5.41) is 10.3. The van der Waals surface area contributed by atoms with Gasteiger partial charge in [0.1, 0.15) is 5.60 Å². The monoisotopic (exact) mass is 390 g/mol. The molecule has 0 aromatic rings. The van der Waals surface area contributed by atoms with Crippen LogP contribution < -0.4 is 0 Å². The fourth-order valence-electron chi connectivity index (χ4n) is 8.72. The Morgan fingerprint density at radius 3 is 2.32 bits per heavy atom. The Balaban J connectivity index is 1.51. The zero-order valence-corrected chi connectivity index (χ0v) is 17.6. The maximum atomic E-state index is 12.8. The second kappa shape index (κ2) is 5.60. The maximum absolute atomic E-state index is 12.8. The van der Waals surface area contributed by atoms with E-state index in [1.807, 2.05) is 0 Å². The van der Waals surface area contributed by atoms with Gasteiger partial charge in [0.15, 0.2) is 11.4 Å². The molecule has 1 spiro atoms. The molecule has 1 aliphatic heterocycles. The first-order valence-corrected chi connectivity index (χ1v) is 11.2. The number of hydrogen-bond acceptors (Lipinski definition) is 5. The van der Waals surface area contributed by atoms with Crippen LogP contribution in [0.1, 0.15) is 79.1 Å². The summed E-state index contributed by atoms with van der Waals surface area (Å²) in [4.78, 5) is 24.7. The smallest absolute Gasteiger partial charge is 0.303 e. The summed E-state index contributed by atoms with van der Waals surface area (Å²) >= 11 is 0. The molecule has 4 saturated carbocycles. The van der Waals surface area contributed by atoms with Gasteiger partial charge in [0, 0.05) is 24.2 Å². The maximum Gasteiger partial charge on any atom is 0.303 e. The summed E-state index contributed by atoms with van der Waals surface area (Å²) in [5.74, 6) is 1.13. The van der Waals surface area contributed by atoms with Crippen LogP contribution in [0.3, 0.4) is 0 Å². The van der Waals surface area contributed by atoms with Crippen molar-refractivity contribution >= 4 is 11.8 Å². The highest BCUT2D eigenvalue weighted by Crippen LogP contribution is 2.74. The largest absolute Gasteiger partial charge is 0.451 e. The highest BCUT2D eigenvalue weighted by Gasteiger charge is 2.77. The lowest BCUT2D eigenvalue weighted by atomic mass is 9.44. The molecule has 5 heteroatoms. The summed E-state index contributed by atoms with van der Waals surface area (Å²) < 4.78 is 12.2. The summed E-state index contributed by atoms with van der Waals surface area (Å²) in [6.45, 7) is 7.63. The van der Waals surface area contributed by atoms with Crippen LogP contribution in [0, 0.1) is 28.6 Å². The van der Waals surface area contributed by atoms with Crippen LogP contribution in [-0.4, -0.2) is 40.3 Å². The number of fused-ring (bicyclic) bond motifs is 4. The highest BCUT2D eigenvalue weighted by atomic mass is 16.6. The normalized spacial score (nSPS) is 56.7. The van der Waals surface area contributed by atoms with E-state index in [9.17, 15) is 14.7 Å². The van der Waals surface area contributed by atoms with Crippen molar-refractivity contribution in [1.29, 1.82) is 0 Å². The number of aliphatic hydroxyl groups excluding tert-OH is 1. The molecule has 9 atom stereocenters. The van der Waals surface area contributed by atoms with Gasteiger partial charge in [-0.2, -0.15) is 0 Å². The fourth-order valence-corrected chi connectivity index (χ4v) is 8.72. The number of ether oxygens (including phenoxy) is 2. The van der Waals surface area contributed by atoms with Crippen molar-refractivity contribution in [2.75, 3.05) is 0 Å². The molecule has 156 valence electrons. The number of hydrogen-bond donors (Lipinski definition) is 1. The minimum Gasteiger partial charge on any atom is -0.451 e. The lowest BCUT2D eigenvalue weighted by Gasteiger charge is -2.60. The number of ketones is 1. The van der Waals surface area contributed by atoms with Crippen LogP contribution in [0.5, 0.6) is 0 Å². The van der Waals surface area contributed by atoms with E-state index in [0.29, 0.717) is 24.2 Å². The molecule has 0 radical (unpaired) electrons. The standard InChI is InChI=1S/C23H34O5/c1-13(24)22(27-14(2)25)10-7-18-16-11-19-23(28-19)12-15(26)5-8-21(23,4)17(16)6-9-20(18,22)3/h15-19,26H,5-12H2,1-4H3/t15-,16+,17-,18-,19+,20-,21+,22-,23-/m0/s1. The topological polar surface area (TPSA) is 76.1 Å². The van der Waals surface area contributed by atoms with E-state index in [2.05, 4.69) is 13.8 Å². The summed E-state index contributed by atoms with van der Waals surface area (Å²) in [6, 6.07) is 0. The average Bonchev–Trinajstić information content (AvgIpc) is 3.21. The van der Waals surface area contributed by atoms with Gasteiger partial charge in [-0.05, 0) is 69.6 Å². The van der Waals surface area contributed by atoms with Gasteiger partial charge in [0.2, 0.25) is 0 Å². The van der Waals surface area contributed by atoms with Crippen LogP contribution in [0.2, 0.25) is 0 Å². The van der Waals surface area contributed by atoms with Crippen LogP contribution >= 0.6 is 0 Å². The van der Waals surface area contributed by atoms with Crippen molar-refractivity contribution in [2.45, 2.75) is 102 Å². The Labute approximate surface area is 167 Å². The third-order valence-electron chi connectivity index (χ3n) is 10.1. The predicted octanol–water partition coefficient (Wildman–Crippen LogP) is 3.41. The Morgan fingerprint density at radius 2 is 1.64 bits per heavy atom. The zero-order chi connectivity index (χ0) is 20.1. The molecule has 1 heterocycles. The van der Waals surface area contributed by atoms with Gasteiger partial charge < -0.3 is 14.6 Å². The van der Waals surface area contributed by atoms with Crippen LogP contribution in [0.15, 0.2) is 0 Å². The van der Waals surface area contributed by atoms with E-state index in [0.717, 1.165) is 44.9 Å². The van der Waals surface area contributed by atoms with Crippen LogP contribution in [0.25, 0.3) is 0 Å². The van der Waals surface area contributed by atoms with Gasteiger partial charge in [-0.3, -0.25) is 9.59 Å². The Hall–Kier alpha value is -0.940. The van der Waals surface area contributed by atoms with Gasteiger partial charge in [0.25, 0.3) is 0 Å². The van der Waals surface area contributed by atoms with Gasteiger partial charge in [-0.25, -0.2) is 0 Å². The Bertz CT molecular complexity index is 735. The van der Waals surface area contributed by atoms with E-state index >= 15 is 0 Å². The van der Waals surface area contributed by atoms with Gasteiger partial charge in [-0.15, -0.1) is 0 Å². The molecule has 28 heavy (non-hydrogen) atoms. The van der Waals surface area contributed by atoms with Crippen molar-refractivity contribution in [3.63, 3.8) is 0 Å². The zero-order valence-electron chi connectivity index (χ0n) is 17.6. The Morgan fingerprint density at radius 1 is 1.00 bits per heavy atom. The lowest BCUT2D eigenvalue weighted by Crippen LogP contribution is -2.61. The van der Waals surface area contributed by atoms with Gasteiger partial charge in [0.05, 0.1) is 12.2 Å². The molecule has 1 N–H and O–H groups in total. The molecule has 4 aliphatic carbocycles. The highest BCUT2D eigenvalue weighted by molar-refractivity contribution is 5.89. The number of aliphatic hydroxyl groups is 1. The second-order valence-corrected chi connectivity index (χ2v) is 10.9. The summed E-state index contributed by atoms with van der Waals surface area (Å²) in [7, 11) is 0. The van der Waals surface area contributed by atoms with Crippen molar-refractivity contribution in [1.82, 2.24) is 0 Å². The number of carbonyl (C=O) groups is 2. The molecule has 1 saturated heterocycles. The van der Waals surface area contributed by atoms with Gasteiger partial charge in [-0.1, -0.05) is 13.8 Å². The molecule has 5 fully saturated rings. The molecular weight excluding hydrogens is 356 g/mol. The molecule has 5 aliphatic rings.